The summed E-state index contributed by atoms with van der Waals surface area (Å²) in [6.07, 6.45) is 3.26. The van der Waals surface area contributed by atoms with Gasteiger partial charge in [0.25, 0.3) is 0 Å². The van der Waals surface area contributed by atoms with Crippen molar-refractivity contribution in [2.24, 2.45) is 11.7 Å². The van der Waals surface area contributed by atoms with Gasteiger partial charge in [0.05, 0.1) is 0 Å². The maximum Gasteiger partial charge on any atom is 0.245 e. The van der Waals surface area contributed by atoms with E-state index in [1.807, 2.05) is 17.0 Å². The normalized spacial score (nSPS) is 17.4. The summed E-state index contributed by atoms with van der Waals surface area (Å²) in [5, 5.41) is 4.61. The van der Waals surface area contributed by atoms with Crippen LogP contribution >= 0.6 is 23.2 Å². The number of nitrogens with one attached hydrogen (secondary N) is 1. The van der Waals surface area contributed by atoms with E-state index in [-0.39, 0.29) is 23.7 Å². The molecule has 3 N–H and O–H groups in total. The van der Waals surface area contributed by atoms with Gasteiger partial charge in [-0.25, -0.2) is 4.39 Å². The van der Waals surface area contributed by atoms with Gasteiger partial charge in [0.2, 0.25) is 11.8 Å². The molecule has 2 heterocycles. The highest BCUT2D eigenvalue weighted by molar-refractivity contribution is 6.35. The molecule has 2 aromatic carbocycles. The Morgan fingerprint density at radius 1 is 1.07 bits per heavy atom. The van der Waals surface area contributed by atoms with E-state index in [1.54, 1.807) is 23.1 Å². The molecule has 224 valence electrons. The van der Waals surface area contributed by atoms with Crippen LogP contribution in [0.1, 0.15) is 56.7 Å². The standard InChI is InChI=1S/C31H42Cl2FN5O2/c1-21(2)17-27(36-11-4-10-35)25-20-24(34)8-9-28(25)37-13-15-38(16-14-37)31(41)29(39-12-3-5-30(39)40)18-22-6-7-23(32)19-26(22)33/h6-9,19-21,27,29,36H,3-5,10-18,35H2,1-2H3. The zero-order chi connectivity index (χ0) is 29.5. The van der Waals surface area contributed by atoms with Gasteiger partial charge in [-0.3, -0.25) is 9.59 Å². The second-order valence-electron chi connectivity index (χ2n) is 11.4. The number of likely N-dealkylation sites (tertiary alicyclic amines) is 1. The van der Waals surface area contributed by atoms with Gasteiger partial charge in [0.1, 0.15) is 11.9 Å². The average Bonchev–Trinajstić information content (AvgIpc) is 3.37. The Morgan fingerprint density at radius 3 is 2.46 bits per heavy atom. The summed E-state index contributed by atoms with van der Waals surface area (Å²) in [6.45, 7) is 8.51. The Hall–Kier alpha value is -2.39. The number of nitrogens with two attached hydrogens (primary N) is 1. The zero-order valence-corrected chi connectivity index (χ0v) is 25.6. The van der Waals surface area contributed by atoms with E-state index in [4.69, 9.17) is 28.9 Å². The van der Waals surface area contributed by atoms with Crippen LogP contribution < -0.4 is 16.0 Å². The SMILES string of the molecule is CC(C)CC(NCCCN)c1cc(F)ccc1N1CCN(C(=O)C(Cc2ccc(Cl)cc2Cl)N2CCCC2=O)CC1. The Kier molecular flexibility index (Phi) is 11.3. The Balaban J connectivity index is 1.50. The van der Waals surface area contributed by atoms with Crippen LogP contribution in [0.3, 0.4) is 0 Å². The number of piperazine rings is 1. The maximum absolute atomic E-state index is 14.5. The number of nitrogens with zero attached hydrogens (tertiary/aromatic N) is 3. The molecule has 2 aromatic rings. The van der Waals surface area contributed by atoms with Gasteiger partial charge in [0, 0.05) is 67.3 Å². The van der Waals surface area contributed by atoms with Crippen LogP contribution in [-0.4, -0.2) is 73.5 Å². The molecule has 0 radical (unpaired) electrons. The van der Waals surface area contributed by atoms with Crippen molar-refractivity contribution >= 4 is 40.7 Å². The number of carbonyl (C=O) groups is 2. The summed E-state index contributed by atoms with van der Waals surface area (Å²) in [4.78, 5) is 32.4. The summed E-state index contributed by atoms with van der Waals surface area (Å²) >= 11 is 12.5. The van der Waals surface area contributed by atoms with Crippen LogP contribution in [0.4, 0.5) is 10.1 Å². The van der Waals surface area contributed by atoms with Gasteiger partial charge >= 0.3 is 0 Å². The van der Waals surface area contributed by atoms with Crippen LogP contribution in [0.5, 0.6) is 0 Å². The van der Waals surface area contributed by atoms with E-state index in [0.717, 1.165) is 42.6 Å². The monoisotopic (exact) mass is 605 g/mol. The van der Waals surface area contributed by atoms with Crippen LogP contribution in [0.25, 0.3) is 0 Å². The predicted molar refractivity (Wildman–Crippen MR) is 164 cm³/mol. The highest BCUT2D eigenvalue weighted by atomic mass is 35.5. The van der Waals surface area contributed by atoms with E-state index in [2.05, 4.69) is 24.1 Å². The lowest BCUT2D eigenvalue weighted by molar-refractivity contribution is -0.143. The molecular formula is C31H42Cl2FN5O2. The molecule has 2 fully saturated rings. The van der Waals surface area contributed by atoms with Crippen molar-refractivity contribution < 1.29 is 14.0 Å². The largest absolute Gasteiger partial charge is 0.368 e. The first-order valence-electron chi connectivity index (χ1n) is 14.7. The lowest BCUT2D eigenvalue weighted by Gasteiger charge is -2.40. The summed E-state index contributed by atoms with van der Waals surface area (Å²) in [5.41, 5.74) is 8.44. The van der Waals surface area contributed by atoms with Gasteiger partial charge < -0.3 is 25.8 Å². The van der Waals surface area contributed by atoms with Crippen LogP contribution in [0.15, 0.2) is 36.4 Å². The lowest BCUT2D eigenvalue weighted by atomic mass is 9.94. The zero-order valence-electron chi connectivity index (χ0n) is 24.1. The number of benzene rings is 2. The van der Waals surface area contributed by atoms with Crippen LogP contribution in [0.2, 0.25) is 10.0 Å². The molecule has 10 heteroatoms. The Labute approximate surface area is 253 Å². The van der Waals surface area contributed by atoms with Crippen molar-refractivity contribution in [1.29, 1.82) is 0 Å². The third-order valence-corrected chi connectivity index (χ3v) is 8.56. The summed E-state index contributed by atoms with van der Waals surface area (Å²) < 4.78 is 14.5. The number of carbonyl (C=O) groups excluding carboxylic acids is 2. The fraction of sp³-hybridized carbons (Fsp3) is 0.548. The summed E-state index contributed by atoms with van der Waals surface area (Å²) in [6, 6.07) is 9.64. The second kappa shape index (κ2) is 14.7. The molecule has 2 atom stereocenters. The summed E-state index contributed by atoms with van der Waals surface area (Å²) in [5.74, 6) is 0.106. The Bertz CT molecular complexity index is 1210. The van der Waals surface area contributed by atoms with Crippen LogP contribution in [-0.2, 0) is 16.0 Å². The van der Waals surface area contributed by atoms with Crippen molar-refractivity contribution in [3.8, 4) is 0 Å². The molecule has 0 spiro atoms. The maximum atomic E-state index is 14.5. The molecule has 2 unspecified atom stereocenters. The first-order chi connectivity index (χ1) is 19.7. The van der Waals surface area contributed by atoms with E-state index in [9.17, 15) is 14.0 Å². The van der Waals surface area contributed by atoms with Gasteiger partial charge in [-0.05, 0) is 79.7 Å². The number of hydrogen-bond acceptors (Lipinski definition) is 5. The molecule has 2 saturated heterocycles. The van der Waals surface area contributed by atoms with Crippen LogP contribution in [0, 0.1) is 11.7 Å². The molecule has 0 aromatic heterocycles. The van der Waals surface area contributed by atoms with Gasteiger partial charge in [-0.2, -0.15) is 0 Å². The molecule has 2 aliphatic heterocycles. The van der Waals surface area contributed by atoms with E-state index >= 15 is 0 Å². The molecule has 41 heavy (non-hydrogen) atoms. The minimum Gasteiger partial charge on any atom is -0.368 e. The highest BCUT2D eigenvalue weighted by Gasteiger charge is 2.37. The first-order valence-corrected chi connectivity index (χ1v) is 15.4. The third-order valence-electron chi connectivity index (χ3n) is 7.98. The quantitative estimate of drug-likeness (QED) is 0.331. The molecule has 0 bridgehead atoms. The molecule has 0 saturated carbocycles. The third kappa shape index (κ3) is 8.13. The van der Waals surface area contributed by atoms with Crippen molar-refractivity contribution in [1.82, 2.24) is 15.1 Å². The number of amides is 2. The minimum atomic E-state index is -0.612. The smallest absolute Gasteiger partial charge is 0.245 e. The fourth-order valence-electron chi connectivity index (χ4n) is 5.87. The van der Waals surface area contributed by atoms with Gasteiger partial charge in [-0.15, -0.1) is 0 Å². The minimum absolute atomic E-state index is 0.00126. The second-order valence-corrected chi connectivity index (χ2v) is 12.3. The van der Waals surface area contributed by atoms with E-state index in [1.165, 1.54) is 6.07 Å². The molecule has 0 aliphatic carbocycles. The molecule has 4 rings (SSSR count). The Morgan fingerprint density at radius 2 is 1.83 bits per heavy atom. The first kappa shape index (κ1) is 31.5. The van der Waals surface area contributed by atoms with Crippen molar-refractivity contribution in [2.45, 2.75) is 58.0 Å². The summed E-state index contributed by atoms with van der Waals surface area (Å²) in [7, 11) is 0. The lowest BCUT2D eigenvalue weighted by Crippen LogP contribution is -2.56. The van der Waals surface area contributed by atoms with Crippen molar-refractivity contribution in [2.75, 3.05) is 50.7 Å². The van der Waals surface area contributed by atoms with Gasteiger partial charge in [-0.1, -0.05) is 43.1 Å². The highest BCUT2D eigenvalue weighted by Crippen LogP contribution is 2.33. The van der Waals surface area contributed by atoms with E-state index in [0.29, 0.717) is 68.1 Å². The molecule has 2 aliphatic rings. The van der Waals surface area contributed by atoms with Crippen molar-refractivity contribution in [3.05, 3.63) is 63.4 Å². The van der Waals surface area contributed by atoms with Gasteiger partial charge in [0.15, 0.2) is 0 Å². The number of rotatable bonds is 12. The predicted octanol–water partition coefficient (Wildman–Crippen LogP) is 5.04. The average molecular weight is 607 g/mol. The molecular weight excluding hydrogens is 564 g/mol. The topological polar surface area (TPSA) is 81.9 Å². The number of anilines is 1. The number of halogens is 3. The van der Waals surface area contributed by atoms with E-state index < -0.39 is 6.04 Å². The van der Waals surface area contributed by atoms with Crippen molar-refractivity contribution in [3.63, 3.8) is 0 Å². The fourth-order valence-corrected chi connectivity index (χ4v) is 6.35. The number of hydrogen-bond donors (Lipinski definition) is 2. The molecule has 2 amide bonds. The molecule has 7 nitrogen and oxygen atoms in total.